The molecule has 2 aromatic carbocycles. The lowest BCUT2D eigenvalue weighted by atomic mass is 10.0. The molecule has 2 aromatic rings. The molecule has 0 atom stereocenters. The van der Waals surface area contributed by atoms with E-state index in [1.54, 1.807) is 6.21 Å². The van der Waals surface area contributed by atoms with Gasteiger partial charge in [-0.1, -0.05) is 114 Å². The summed E-state index contributed by atoms with van der Waals surface area (Å²) in [5.74, 6) is 0.801. The summed E-state index contributed by atoms with van der Waals surface area (Å²) in [6, 6.07) is 17.8. The molecule has 0 aliphatic rings. The molecule has 0 saturated carbocycles. The Morgan fingerprint density at radius 3 is 1.91 bits per heavy atom. The fraction of sp³-hybridized carbons (Fsp3) is 0.533. The number of nitrogens with zero attached hydrogens (tertiary/aromatic N) is 1. The molecule has 2 rings (SSSR count). The molecule has 34 heavy (non-hydrogen) atoms. The third-order valence-electron chi connectivity index (χ3n) is 6.04. The molecule has 0 heterocycles. The minimum Gasteiger partial charge on any atom is -0.489 e. The first-order valence-electron chi connectivity index (χ1n) is 13.4. The van der Waals surface area contributed by atoms with Gasteiger partial charge in [-0.3, -0.25) is 4.79 Å². The Labute approximate surface area is 207 Å². The lowest BCUT2D eigenvalue weighted by molar-refractivity contribution is -0.121. The normalized spacial score (nSPS) is 11.1. The first-order chi connectivity index (χ1) is 16.8. The van der Waals surface area contributed by atoms with Crippen LogP contribution in [-0.4, -0.2) is 12.1 Å². The van der Waals surface area contributed by atoms with Crippen molar-refractivity contribution in [3.63, 3.8) is 0 Å². The van der Waals surface area contributed by atoms with Crippen molar-refractivity contribution in [3.05, 3.63) is 65.7 Å². The molecule has 0 fully saturated rings. The van der Waals surface area contributed by atoms with Gasteiger partial charge in [-0.05, 0) is 41.8 Å². The maximum Gasteiger partial charge on any atom is 0.240 e. The van der Waals surface area contributed by atoms with Gasteiger partial charge < -0.3 is 4.74 Å². The van der Waals surface area contributed by atoms with Gasteiger partial charge in [0.15, 0.2) is 0 Å². The summed E-state index contributed by atoms with van der Waals surface area (Å²) in [4.78, 5) is 12.0. The molecule has 0 spiro atoms. The van der Waals surface area contributed by atoms with E-state index in [-0.39, 0.29) is 5.91 Å². The van der Waals surface area contributed by atoms with Crippen LogP contribution in [0.3, 0.4) is 0 Å². The molecule has 0 saturated heterocycles. The Bertz CT molecular complexity index is 787. The Morgan fingerprint density at radius 2 is 1.32 bits per heavy atom. The van der Waals surface area contributed by atoms with Crippen LogP contribution in [0.4, 0.5) is 0 Å². The summed E-state index contributed by atoms with van der Waals surface area (Å²) < 4.78 is 5.79. The zero-order valence-electron chi connectivity index (χ0n) is 21.1. The number of benzene rings is 2. The first-order valence-corrected chi connectivity index (χ1v) is 13.4. The van der Waals surface area contributed by atoms with Crippen molar-refractivity contribution in [1.29, 1.82) is 0 Å². The van der Waals surface area contributed by atoms with Crippen LogP contribution in [0.1, 0.15) is 108 Å². The number of amides is 1. The molecule has 0 bridgehead atoms. The number of hydrogen-bond acceptors (Lipinski definition) is 3. The van der Waals surface area contributed by atoms with Gasteiger partial charge in [-0.15, -0.1) is 0 Å². The van der Waals surface area contributed by atoms with Gasteiger partial charge in [-0.25, -0.2) is 5.43 Å². The number of rotatable bonds is 19. The van der Waals surface area contributed by atoms with Crippen LogP contribution in [0.2, 0.25) is 0 Å². The number of nitrogens with one attached hydrogen (secondary N) is 1. The zero-order valence-corrected chi connectivity index (χ0v) is 21.1. The van der Waals surface area contributed by atoms with Crippen molar-refractivity contribution in [2.75, 3.05) is 0 Å². The summed E-state index contributed by atoms with van der Waals surface area (Å²) in [5, 5.41) is 4.08. The van der Waals surface area contributed by atoms with Crippen molar-refractivity contribution in [2.24, 2.45) is 5.10 Å². The summed E-state index contributed by atoms with van der Waals surface area (Å²) in [7, 11) is 0. The fourth-order valence-corrected chi connectivity index (χ4v) is 3.93. The minimum atomic E-state index is -0.0119. The summed E-state index contributed by atoms with van der Waals surface area (Å²) in [6.07, 6.45) is 19.2. The fourth-order valence-electron chi connectivity index (χ4n) is 3.93. The van der Waals surface area contributed by atoms with E-state index in [2.05, 4.69) is 17.5 Å². The number of carbonyl (C=O) groups excluding carboxylic acids is 1. The molecule has 0 radical (unpaired) electrons. The van der Waals surface area contributed by atoms with Gasteiger partial charge in [0.05, 0.1) is 6.21 Å². The third-order valence-corrected chi connectivity index (χ3v) is 6.04. The second kappa shape index (κ2) is 18.8. The van der Waals surface area contributed by atoms with Crippen molar-refractivity contribution in [3.8, 4) is 5.75 Å². The predicted octanol–water partition coefficient (Wildman–Crippen LogP) is 8.20. The molecule has 1 N–H and O–H groups in total. The van der Waals surface area contributed by atoms with E-state index >= 15 is 0 Å². The van der Waals surface area contributed by atoms with Crippen LogP contribution < -0.4 is 10.2 Å². The molecule has 0 aliphatic carbocycles. The average molecular weight is 465 g/mol. The van der Waals surface area contributed by atoms with Gasteiger partial charge >= 0.3 is 0 Å². The topological polar surface area (TPSA) is 50.7 Å². The van der Waals surface area contributed by atoms with E-state index in [4.69, 9.17) is 4.74 Å². The van der Waals surface area contributed by atoms with Gasteiger partial charge in [0.25, 0.3) is 0 Å². The molecule has 186 valence electrons. The van der Waals surface area contributed by atoms with Crippen molar-refractivity contribution in [2.45, 2.75) is 103 Å². The van der Waals surface area contributed by atoms with E-state index in [9.17, 15) is 4.79 Å². The first kappa shape index (κ1) is 27.6. The second-order valence-electron chi connectivity index (χ2n) is 9.13. The Kier molecular flexibility index (Phi) is 15.2. The van der Waals surface area contributed by atoms with E-state index in [0.29, 0.717) is 13.0 Å². The van der Waals surface area contributed by atoms with Crippen LogP contribution in [-0.2, 0) is 11.4 Å². The Balaban J connectivity index is 1.44. The van der Waals surface area contributed by atoms with Crippen molar-refractivity contribution >= 4 is 12.1 Å². The molecule has 4 nitrogen and oxygen atoms in total. The Morgan fingerprint density at radius 1 is 0.765 bits per heavy atom. The highest BCUT2D eigenvalue weighted by molar-refractivity contribution is 5.82. The number of carbonyl (C=O) groups is 1. The molecule has 4 heteroatoms. The molecular formula is C30H44N2O2. The standard InChI is InChI=1S/C30H44N2O2/c1-2-3-4-5-6-7-8-9-10-11-12-13-17-20-30(33)32-31-25-27-21-23-29(24-22-27)34-26-28-18-15-14-16-19-28/h14-16,18-19,21-25H,2-13,17,20,26H2,1H3,(H,32,33)/b31-25-. The minimum absolute atomic E-state index is 0.0119. The van der Waals surface area contributed by atoms with Crippen molar-refractivity contribution in [1.82, 2.24) is 5.43 Å². The molecule has 0 aromatic heterocycles. The zero-order chi connectivity index (χ0) is 24.1. The Hall–Kier alpha value is -2.62. The molecule has 0 aliphatic heterocycles. The maximum atomic E-state index is 12.0. The lowest BCUT2D eigenvalue weighted by Gasteiger charge is -2.06. The van der Waals surface area contributed by atoms with Gasteiger partial charge in [0, 0.05) is 6.42 Å². The third kappa shape index (κ3) is 13.8. The summed E-state index contributed by atoms with van der Waals surface area (Å²) in [6.45, 7) is 2.81. The number of hydrogen-bond donors (Lipinski definition) is 1. The average Bonchev–Trinajstić information content (AvgIpc) is 2.87. The maximum absolute atomic E-state index is 12.0. The van der Waals surface area contributed by atoms with Gasteiger partial charge in [-0.2, -0.15) is 5.10 Å². The molecule has 1 amide bonds. The lowest BCUT2D eigenvalue weighted by Crippen LogP contribution is -2.16. The van der Waals surface area contributed by atoms with Gasteiger partial charge in [0.2, 0.25) is 5.91 Å². The van der Waals surface area contributed by atoms with Crippen LogP contribution >= 0.6 is 0 Å². The van der Waals surface area contributed by atoms with E-state index < -0.39 is 0 Å². The van der Waals surface area contributed by atoms with E-state index in [1.807, 2.05) is 54.6 Å². The predicted molar refractivity (Wildman–Crippen MR) is 143 cm³/mol. The number of hydrazone groups is 1. The van der Waals surface area contributed by atoms with Crippen molar-refractivity contribution < 1.29 is 9.53 Å². The highest BCUT2D eigenvalue weighted by Crippen LogP contribution is 2.14. The number of unbranched alkanes of at least 4 members (excludes halogenated alkanes) is 12. The monoisotopic (exact) mass is 464 g/mol. The smallest absolute Gasteiger partial charge is 0.240 e. The van der Waals surface area contributed by atoms with Crippen LogP contribution in [0.15, 0.2) is 59.7 Å². The largest absolute Gasteiger partial charge is 0.489 e. The second-order valence-corrected chi connectivity index (χ2v) is 9.13. The summed E-state index contributed by atoms with van der Waals surface area (Å²) >= 11 is 0. The van der Waals surface area contributed by atoms with Gasteiger partial charge in [0.1, 0.15) is 12.4 Å². The van der Waals surface area contributed by atoms with Crippen LogP contribution in [0, 0.1) is 0 Å². The molecular weight excluding hydrogens is 420 g/mol. The quantitative estimate of drug-likeness (QED) is 0.129. The van der Waals surface area contributed by atoms with Crippen LogP contribution in [0.25, 0.3) is 0 Å². The van der Waals surface area contributed by atoms with E-state index in [1.165, 1.54) is 70.6 Å². The van der Waals surface area contributed by atoms with E-state index in [0.717, 1.165) is 29.7 Å². The van der Waals surface area contributed by atoms with Crippen LogP contribution in [0.5, 0.6) is 5.75 Å². The SMILES string of the molecule is CCCCCCCCCCCCCCCC(=O)N/N=C\c1ccc(OCc2ccccc2)cc1. The summed E-state index contributed by atoms with van der Waals surface area (Å²) in [5.41, 5.74) is 4.70. The number of ether oxygens (including phenoxy) is 1. The molecule has 0 unspecified atom stereocenters. The highest BCUT2D eigenvalue weighted by Gasteiger charge is 2.00. The highest BCUT2D eigenvalue weighted by atomic mass is 16.5.